The number of nitrogens with zero attached hydrogens (tertiary/aromatic N) is 4. The predicted molar refractivity (Wildman–Crippen MR) is 155 cm³/mol. The van der Waals surface area contributed by atoms with Gasteiger partial charge >= 0.3 is 11.9 Å². The molecule has 1 spiro atoms. The fraction of sp³-hybridized carbons (Fsp3) is 0.206. The van der Waals surface area contributed by atoms with Gasteiger partial charge in [0.05, 0.1) is 50.9 Å². The highest BCUT2D eigenvalue weighted by Crippen LogP contribution is 2.66. The maximum atomic E-state index is 15.2. The number of carbonyl (C=O) groups excluding carboxylic acids is 3. The Morgan fingerprint density at radius 1 is 0.907 bits per heavy atom. The molecule has 3 aromatic carbocycles. The van der Waals surface area contributed by atoms with E-state index in [0.29, 0.717) is 16.8 Å². The molecule has 43 heavy (non-hydrogen) atoms. The summed E-state index contributed by atoms with van der Waals surface area (Å²) in [4.78, 5) is 45.2. The number of rotatable bonds is 5. The Labute approximate surface area is 248 Å². The van der Waals surface area contributed by atoms with Crippen molar-refractivity contribution in [1.82, 2.24) is 4.90 Å². The summed E-state index contributed by atoms with van der Waals surface area (Å²) in [5.41, 5.74) is -1.53. The molecule has 3 aliphatic heterocycles. The Kier molecular flexibility index (Phi) is 6.59. The molecular weight excluding hydrogens is 544 g/mol. The van der Waals surface area contributed by atoms with Crippen LogP contribution in [0, 0.1) is 28.1 Å². The molecule has 6 rings (SSSR count). The van der Waals surface area contributed by atoms with Crippen molar-refractivity contribution >= 4 is 29.6 Å². The van der Waals surface area contributed by atoms with Gasteiger partial charge in [0, 0.05) is 17.6 Å². The number of hydrogen-bond donors (Lipinski definition) is 0. The van der Waals surface area contributed by atoms with Gasteiger partial charge in [-0.1, -0.05) is 72.8 Å². The zero-order valence-corrected chi connectivity index (χ0v) is 23.5. The van der Waals surface area contributed by atoms with Crippen molar-refractivity contribution in [2.24, 2.45) is 5.41 Å². The van der Waals surface area contributed by atoms with Crippen molar-refractivity contribution in [1.29, 1.82) is 10.5 Å². The fourth-order valence-corrected chi connectivity index (χ4v) is 6.82. The van der Waals surface area contributed by atoms with E-state index in [4.69, 9.17) is 9.47 Å². The quantitative estimate of drug-likeness (QED) is 0.410. The normalized spacial score (nSPS) is 20.9. The molecule has 0 unspecified atom stereocenters. The van der Waals surface area contributed by atoms with E-state index >= 15 is 4.79 Å². The van der Waals surface area contributed by atoms with Crippen LogP contribution in [0.5, 0.6) is 0 Å². The topological polar surface area (TPSA) is 124 Å². The lowest BCUT2D eigenvalue weighted by atomic mass is 9.51. The van der Waals surface area contributed by atoms with Crippen LogP contribution in [-0.2, 0) is 35.8 Å². The van der Waals surface area contributed by atoms with Crippen molar-refractivity contribution in [2.75, 3.05) is 19.1 Å². The molecule has 0 saturated carbocycles. The van der Waals surface area contributed by atoms with Gasteiger partial charge in [-0.2, -0.15) is 10.5 Å². The summed E-state index contributed by atoms with van der Waals surface area (Å²) in [7, 11) is 2.39. The maximum absolute atomic E-state index is 15.2. The highest BCUT2D eigenvalue weighted by atomic mass is 16.5. The van der Waals surface area contributed by atoms with E-state index in [1.165, 1.54) is 19.1 Å². The molecule has 3 aliphatic rings. The van der Waals surface area contributed by atoms with Gasteiger partial charge in [-0.15, -0.1) is 0 Å². The van der Waals surface area contributed by atoms with Gasteiger partial charge in [-0.25, -0.2) is 4.79 Å². The molecule has 0 radical (unpaired) electrons. The average Bonchev–Trinajstić information content (AvgIpc) is 3.29. The van der Waals surface area contributed by atoms with Crippen molar-refractivity contribution in [2.45, 2.75) is 24.4 Å². The van der Waals surface area contributed by atoms with Crippen molar-refractivity contribution < 1.29 is 23.9 Å². The van der Waals surface area contributed by atoms with Gasteiger partial charge in [0.1, 0.15) is 5.41 Å². The zero-order valence-electron chi connectivity index (χ0n) is 23.5. The third-order valence-corrected chi connectivity index (χ3v) is 8.59. The molecule has 2 atom stereocenters. The van der Waals surface area contributed by atoms with Crippen LogP contribution in [-0.4, -0.2) is 37.0 Å². The van der Waals surface area contributed by atoms with Crippen molar-refractivity contribution in [3.05, 3.63) is 119 Å². The number of hydrogen-bond acceptors (Lipinski definition) is 8. The summed E-state index contributed by atoms with van der Waals surface area (Å²) in [6.45, 7) is 0.122. The Morgan fingerprint density at radius 3 is 2.28 bits per heavy atom. The first-order chi connectivity index (χ1) is 20.9. The second kappa shape index (κ2) is 10.3. The van der Waals surface area contributed by atoms with E-state index < -0.39 is 41.1 Å². The molecule has 0 fully saturated rings. The second-order valence-corrected chi connectivity index (χ2v) is 10.5. The van der Waals surface area contributed by atoms with Crippen LogP contribution in [0.2, 0.25) is 0 Å². The van der Waals surface area contributed by atoms with E-state index in [1.807, 2.05) is 42.5 Å². The third-order valence-electron chi connectivity index (χ3n) is 8.59. The first-order valence-corrected chi connectivity index (χ1v) is 13.6. The molecule has 0 aliphatic carbocycles. The standard InChI is InChI=1S/C34H26N4O5/c1-42-28(39)18-27-29(31(40)43-2)34(33(20-35,21-36)30-24-13-7-6-12-23(24)16-17-37(27)30)25-14-8-9-15-26(25)38(32(34)41)19-22-10-4-3-5-11-22/h3-17,30H,18-19H2,1-2H3/t30-,34-/m0/s1. The maximum Gasteiger partial charge on any atom is 0.337 e. The smallest absolute Gasteiger partial charge is 0.337 e. The summed E-state index contributed by atoms with van der Waals surface area (Å²) in [5.74, 6) is -2.22. The van der Waals surface area contributed by atoms with E-state index in [9.17, 15) is 20.1 Å². The van der Waals surface area contributed by atoms with E-state index in [2.05, 4.69) is 12.1 Å². The zero-order chi connectivity index (χ0) is 30.4. The van der Waals surface area contributed by atoms with Crippen LogP contribution in [0.1, 0.15) is 34.7 Å². The molecule has 3 aromatic rings. The number of benzene rings is 3. The monoisotopic (exact) mass is 570 g/mol. The largest absolute Gasteiger partial charge is 0.469 e. The molecule has 0 aromatic heterocycles. The fourth-order valence-electron chi connectivity index (χ4n) is 6.82. The number of esters is 2. The van der Waals surface area contributed by atoms with E-state index in [0.717, 1.165) is 11.1 Å². The summed E-state index contributed by atoms with van der Waals surface area (Å²) in [5, 5.41) is 22.4. The molecule has 212 valence electrons. The van der Waals surface area contributed by atoms with E-state index in [1.54, 1.807) is 53.6 Å². The molecule has 3 heterocycles. The van der Waals surface area contributed by atoms with Crippen LogP contribution in [0.3, 0.4) is 0 Å². The lowest BCUT2D eigenvalue weighted by Crippen LogP contribution is -2.63. The molecule has 0 N–H and O–H groups in total. The van der Waals surface area contributed by atoms with Crippen LogP contribution in [0.25, 0.3) is 6.08 Å². The predicted octanol–water partition coefficient (Wildman–Crippen LogP) is 4.54. The Hall–Kier alpha value is -5.67. The number of carbonyl (C=O) groups is 3. The number of anilines is 1. The third kappa shape index (κ3) is 3.65. The first kappa shape index (κ1) is 27.5. The molecule has 0 bridgehead atoms. The second-order valence-electron chi connectivity index (χ2n) is 10.5. The van der Waals surface area contributed by atoms with Gasteiger partial charge in [-0.05, 0) is 34.4 Å². The Bertz CT molecular complexity index is 1800. The highest BCUT2D eigenvalue weighted by Gasteiger charge is 2.75. The minimum absolute atomic E-state index is 0.122. The van der Waals surface area contributed by atoms with Gasteiger partial charge < -0.3 is 19.3 Å². The van der Waals surface area contributed by atoms with Gasteiger partial charge in [-0.3, -0.25) is 9.59 Å². The van der Waals surface area contributed by atoms with E-state index in [-0.39, 0.29) is 17.8 Å². The molecule has 9 nitrogen and oxygen atoms in total. The molecular formula is C34H26N4O5. The minimum Gasteiger partial charge on any atom is -0.469 e. The van der Waals surface area contributed by atoms with Crippen LogP contribution < -0.4 is 4.90 Å². The van der Waals surface area contributed by atoms with Crippen LogP contribution >= 0.6 is 0 Å². The molecule has 0 saturated heterocycles. The lowest BCUT2D eigenvalue weighted by molar-refractivity contribution is -0.142. The summed E-state index contributed by atoms with van der Waals surface area (Å²) < 4.78 is 10.3. The number of amides is 1. The van der Waals surface area contributed by atoms with Crippen molar-refractivity contribution in [3.63, 3.8) is 0 Å². The molecule has 1 amide bonds. The number of ether oxygens (including phenoxy) is 2. The average molecular weight is 571 g/mol. The van der Waals surface area contributed by atoms with Crippen LogP contribution in [0.15, 0.2) is 96.3 Å². The SMILES string of the molecule is COC(=O)CC1=C(C(=O)OC)[C@@]2(C(=O)N(Cc3ccccc3)c3ccccc32)C(C#N)(C#N)[C@@H]2c3ccccc3C=CN12. The summed E-state index contributed by atoms with van der Waals surface area (Å²) >= 11 is 0. The minimum atomic E-state index is -2.18. The first-order valence-electron chi connectivity index (χ1n) is 13.6. The van der Waals surface area contributed by atoms with Gasteiger partial charge in [0.25, 0.3) is 0 Å². The van der Waals surface area contributed by atoms with Crippen LogP contribution in [0.4, 0.5) is 5.69 Å². The number of para-hydroxylation sites is 1. The number of methoxy groups -OCH3 is 2. The number of nitriles is 2. The summed E-state index contributed by atoms with van der Waals surface area (Å²) in [6.07, 6.45) is 3.01. The number of fused-ring (bicyclic) bond motifs is 5. The van der Waals surface area contributed by atoms with Gasteiger partial charge in [0.15, 0.2) is 5.41 Å². The van der Waals surface area contributed by atoms with Crippen molar-refractivity contribution in [3.8, 4) is 12.1 Å². The Morgan fingerprint density at radius 2 is 1.58 bits per heavy atom. The van der Waals surface area contributed by atoms with Gasteiger partial charge in [0.2, 0.25) is 5.91 Å². The molecule has 9 heteroatoms. The lowest BCUT2D eigenvalue weighted by Gasteiger charge is -2.53. The Balaban J connectivity index is 1.77. The highest BCUT2D eigenvalue weighted by molar-refractivity contribution is 6.17. The summed E-state index contributed by atoms with van der Waals surface area (Å²) in [6, 6.07) is 26.9.